The minimum Gasteiger partial charge on any atom is -0.392 e. The Labute approximate surface area is 180 Å². The maximum absolute atomic E-state index is 12.2. The Hall–Kier alpha value is -0.370. The minimum absolute atomic E-state index is 0.0603. The van der Waals surface area contributed by atoms with E-state index >= 15 is 0 Å². The molecular weight excluding hydrogens is 356 g/mol. The number of Topliss-reactive ketones (excluding diaryl/α,β-unsaturated/α-hetero) is 1. The molecule has 0 bridgehead atoms. The zero-order chi connectivity index (χ0) is 20.6. The molecule has 0 aliphatic heterocycles. The Morgan fingerprint density at radius 3 is 1.90 bits per heavy atom. The molecule has 0 spiro atoms. The SMILES string of the molecule is CCCC(=O)C1CCC(C2CCC(CCCCC3CCC(C)CC3)CC2)CC1O. The first-order chi connectivity index (χ1) is 14.1. The van der Waals surface area contributed by atoms with Crippen molar-refractivity contribution in [2.75, 3.05) is 0 Å². The molecule has 3 rings (SSSR count). The molecule has 3 unspecified atom stereocenters. The van der Waals surface area contributed by atoms with Gasteiger partial charge in [0.1, 0.15) is 5.78 Å². The summed E-state index contributed by atoms with van der Waals surface area (Å²) in [6, 6.07) is 0. The molecule has 1 N–H and O–H groups in total. The molecular formula is C27H48O2. The summed E-state index contributed by atoms with van der Waals surface area (Å²) in [4.78, 5) is 12.2. The van der Waals surface area contributed by atoms with E-state index in [-0.39, 0.29) is 12.0 Å². The summed E-state index contributed by atoms with van der Waals surface area (Å²) in [6.45, 7) is 4.48. The topological polar surface area (TPSA) is 37.3 Å². The van der Waals surface area contributed by atoms with Crippen LogP contribution in [-0.4, -0.2) is 17.0 Å². The van der Waals surface area contributed by atoms with E-state index in [2.05, 4.69) is 13.8 Å². The lowest BCUT2D eigenvalue weighted by Gasteiger charge is -2.39. The van der Waals surface area contributed by atoms with Gasteiger partial charge in [-0.3, -0.25) is 4.79 Å². The summed E-state index contributed by atoms with van der Waals surface area (Å²) < 4.78 is 0. The highest BCUT2D eigenvalue weighted by Crippen LogP contribution is 2.43. The molecule has 0 heterocycles. The molecule has 3 aliphatic carbocycles. The fraction of sp³-hybridized carbons (Fsp3) is 0.963. The number of aliphatic hydroxyl groups excluding tert-OH is 1. The maximum atomic E-state index is 12.2. The average molecular weight is 405 g/mol. The molecule has 0 amide bonds. The highest BCUT2D eigenvalue weighted by Gasteiger charge is 2.37. The highest BCUT2D eigenvalue weighted by atomic mass is 16.3. The quantitative estimate of drug-likeness (QED) is 0.408. The Balaban J connectivity index is 1.28. The molecule has 0 saturated heterocycles. The van der Waals surface area contributed by atoms with Gasteiger partial charge in [-0.15, -0.1) is 0 Å². The normalized spacial score (nSPS) is 38.7. The van der Waals surface area contributed by atoms with Crippen LogP contribution in [-0.2, 0) is 4.79 Å². The van der Waals surface area contributed by atoms with Gasteiger partial charge in [-0.25, -0.2) is 0 Å². The van der Waals surface area contributed by atoms with E-state index in [1.54, 1.807) is 0 Å². The lowest BCUT2D eigenvalue weighted by Crippen LogP contribution is -2.37. The van der Waals surface area contributed by atoms with Crippen molar-refractivity contribution >= 4 is 5.78 Å². The number of carbonyl (C=O) groups is 1. The molecule has 0 aromatic rings. The predicted octanol–water partition coefficient (Wildman–Crippen LogP) is 7.33. The van der Waals surface area contributed by atoms with Crippen LogP contribution in [0.4, 0.5) is 0 Å². The van der Waals surface area contributed by atoms with Crippen molar-refractivity contribution in [3.8, 4) is 0 Å². The first-order valence-electron chi connectivity index (χ1n) is 13.3. The Morgan fingerprint density at radius 1 is 0.793 bits per heavy atom. The van der Waals surface area contributed by atoms with Crippen molar-refractivity contribution in [1.29, 1.82) is 0 Å². The molecule has 3 aliphatic rings. The number of aliphatic hydroxyl groups is 1. The summed E-state index contributed by atoms with van der Waals surface area (Å²) in [6.07, 6.45) is 21.5. The van der Waals surface area contributed by atoms with Gasteiger partial charge in [0.05, 0.1) is 6.10 Å². The second-order valence-electron chi connectivity index (χ2n) is 11.2. The Bertz CT molecular complexity index is 471. The fourth-order valence-corrected chi connectivity index (χ4v) is 6.85. The van der Waals surface area contributed by atoms with E-state index in [4.69, 9.17) is 0 Å². The second-order valence-corrected chi connectivity index (χ2v) is 11.2. The predicted molar refractivity (Wildman–Crippen MR) is 122 cm³/mol. The molecule has 0 radical (unpaired) electrons. The Morgan fingerprint density at radius 2 is 1.34 bits per heavy atom. The first-order valence-corrected chi connectivity index (χ1v) is 13.3. The van der Waals surface area contributed by atoms with E-state index in [1.165, 1.54) is 83.5 Å². The van der Waals surface area contributed by atoms with E-state index < -0.39 is 0 Å². The molecule has 3 saturated carbocycles. The van der Waals surface area contributed by atoms with Gasteiger partial charge >= 0.3 is 0 Å². The zero-order valence-electron chi connectivity index (χ0n) is 19.4. The van der Waals surface area contributed by atoms with Crippen molar-refractivity contribution in [3.63, 3.8) is 0 Å². The Kier molecular flexibility index (Phi) is 9.54. The van der Waals surface area contributed by atoms with Crippen LogP contribution in [0.1, 0.15) is 123 Å². The van der Waals surface area contributed by atoms with E-state index in [9.17, 15) is 9.90 Å². The number of hydrogen-bond donors (Lipinski definition) is 1. The molecule has 168 valence electrons. The van der Waals surface area contributed by atoms with Gasteiger partial charge in [0.25, 0.3) is 0 Å². The minimum atomic E-state index is -0.367. The van der Waals surface area contributed by atoms with Gasteiger partial charge < -0.3 is 5.11 Å². The summed E-state index contributed by atoms with van der Waals surface area (Å²) in [5.74, 6) is 4.71. The van der Waals surface area contributed by atoms with Gasteiger partial charge in [0, 0.05) is 12.3 Å². The number of hydrogen-bond acceptors (Lipinski definition) is 2. The zero-order valence-corrected chi connectivity index (χ0v) is 19.4. The largest absolute Gasteiger partial charge is 0.392 e. The number of unbranched alkanes of at least 4 members (excludes halogenated alkanes) is 1. The molecule has 3 atom stereocenters. The lowest BCUT2D eigenvalue weighted by atomic mass is 9.67. The van der Waals surface area contributed by atoms with Crippen molar-refractivity contribution in [2.24, 2.45) is 35.5 Å². The third-order valence-electron chi connectivity index (χ3n) is 8.94. The van der Waals surface area contributed by atoms with E-state index in [1.807, 2.05) is 0 Å². The van der Waals surface area contributed by atoms with Crippen LogP contribution in [0, 0.1) is 35.5 Å². The number of rotatable bonds is 9. The summed E-state index contributed by atoms with van der Waals surface area (Å²) in [5.41, 5.74) is 0. The smallest absolute Gasteiger partial charge is 0.138 e. The van der Waals surface area contributed by atoms with E-state index in [0.717, 1.165) is 42.9 Å². The first kappa shape index (κ1) is 23.3. The summed E-state index contributed by atoms with van der Waals surface area (Å²) in [7, 11) is 0. The highest BCUT2D eigenvalue weighted by molar-refractivity contribution is 5.81. The molecule has 0 aromatic heterocycles. The van der Waals surface area contributed by atoms with Crippen LogP contribution in [0.3, 0.4) is 0 Å². The standard InChI is InChI=1S/C27H48O2/c1-3-6-26(28)25-18-17-24(19-27(25)29)23-15-13-22(14-16-23)8-5-4-7-21-11-9-20(2)10-12-21/h20-25,27,29H,3-19H2,1-2H3. The van der Waals surface area contributed by atoms with Crippen molar-refractivity contribution in [2.45, 2.75) is 129 Å². The van der Waals surface area contributed by atoms with E-state index in [0.29, 0.717) is 18.1 Å². The van der Waals surface area contributed by atoms with Crippen LogP contribution in [0.25, 0.3) is 0 Å². The van der Waals surface area contributed by atoms with Gasteiger partial charge in [-0.1, -0.05) is 78.1 Å². The lowest BCUT2D eigenvalue weighted by molar-refractivity contribution is -0.129. The number of carbonyl (C=O) groups excluding carboxylic acids is 1. The molecule has 2 heteroatoms. The summed E-state index contributed by atoms with van der Waals surface area (Å²) in [5, 5.41) is 10.6. The van der Waals surface area contributed by atoms with Crippen LogP contribution in [0.15, 0.2) is 0 Å². The van der Waals surface area contributed by atoms with Crippen LogP contribution in [0.5, 0.6) is 0 Å². The van der Waals surface area contributed by atoms with Crippen molar-refractivity contribution in [1.82, 2.24) is 0 Å². The van der Waals surface area contributed by atoms with Gasteiger partial charge in [-0.2, -0.15) is 0 Å². The average Bonchev–Trinajstić information content (AvgIpc) is 2.73. The second kappa shape index (κ2) is 11.9. The van der Waals surface area contributed by atoms with Crippen molar-refractivity contribution < 1.29 is 9.90 Å². The summed E-state index contributed by atoms with van der Waals surface area (Å²) >= 11 is 0. The fourth-order valence-electron chi connectivity index (χ4n) is 6.85. The molecule has 29 heavy (non-hydrogen) atoms. The molecule has 0 aromatic carbocycles. The van der Waals surface area contributed by atoms with Crippen LogP contribution in [0.2, 0.25) is 0 Å². The third-order valence-corrected chi connectivity index (χ3v) is 8.94. The van der Waals surface area contributed by atoms with Crippen molar-refractivity contribution in [3.05, 3.63) is 0 Å². The van der Waals surface area contributed by atoms with Crippen LogP contribution < -0.4 is 0 Å². The van der Waals surface area contributed by atoms with Gasteiger partial charge in [0.15, 0.2) is 0 Å². The molecule has 2 nitrogen and oxygen atoms in total. The van der Waals surface area contributed by atoms with Gasteiger partial charge in [-0.05, 0) is 68.1 Å². The monoisotopic (exact) mass is 404 g/mol. The van der Waals surface area contributed by atoms with Gasteiger partial charge in [0.2, 0.25) is 0 Å². The molecule has 3 fully saturated rings. The van der Waals surface area contributed by atoms with Crippen LogP contribution >= 0.6 is 0 Å². The number of ketones is 1. The maximum Gasteiger partial charge on any atom is 0.138 e. The third kappa shape index (κ3) is 7.08.